The third-order valence-electron chi connectivity index (χ3n) is 4.06. The quantitative estimate of drug-likeness (QED) is 0.900. The molecule has 6 nitrogen and oxygen atoms in total. The van der Waals surface area contributed by atoms with E-state index in [9.17, 15) is 9.59 Å². The van der Waals surface area contributed by atoms with Crippen LogP contribution in [0.3, 0.4) is 0 Å². The second kappa shape index (κ2) is 5.78. The van der Waals surface area contributed by atoms with Crippen LogP contribution in [0.25, 0.3) is 0 Å². The lowest BCUT2D eigenvalue weighted by atomic mass is 10.2. The molecule has 0 radical (unpaired) electrons. The second-order valence-corrected chi connectivity index (χ2v) is 8.43. The van der Waals surface area contributed by atoms with E-state index in [-0.39, 0.29) is 17.9 Å². The zero-order valence-corrected chi connectivity index (χ0v) is 14.8. The minimum atomic E-state index is -0.495. The fourth-order valence-electron chi connectivity index (χ4n) is 2.62. The Morgan fingerprint density at radius 1 is 1.39 bits per heavy atom. The first-order chi connectivity index (χ1) is 10.7. The molecule has 1 saturated carbocycles. The Hall–Kier alpha value is -1.63. The molecule has 0 bridgehead atoms. The average molecular weight is 337 g/mol. The van der Waals surface area contributed by atoms with Gasteiger partial charge in [-0.05, 0) is 33.1 Å². The summed E-state index contributed by atoms with van der Waals surface area (Å²) in [5, 5.41) is 3.55. The molecule has 1 N–H and O–H groups in total. The maximum Gasteiger partial charge on any atom is 0.410 e. The Balaban J connectivity index is 1.62. The van der Waals surface area contributed by atoms with Crippen molar-refractivity contribution in [1.82, 2.24) is 9.88 Å². The fourth-order valence-corrected chi connectivity index (χ4v) is 3.64. The van der Waals surface area contributed by atoms with Crippen molar-refractivity contribution in [3.8, 4) is 0 Å². The highest BCUT2D eigenvalue weighted by Crippen LogP contribution is 2.39. The minimum Gasteiger partial charge on any atom is -0.444 e. The minimum absolute atomic E-state index is 0.0626. The number of hydrogen-bond acceptors (Lipinski definition) is 5. The zero-order valence-electron chi connectivity index (χ0n) is 14.0. The Kier molecular flexibility index (Phi) is 4.08. The highest BCUT2D eigenvalue weighted by atomic mass is 32.1. The predicted octanol–water partition coefficient (Wildman–Crippen LogP) is 3.03. The number of nitrogens with one attached hydrogen (secondary N) is 1. The van der Waals surface area contributed by atoms with Gasteiger partial charge in [0.25, 0.3) is 0 Å². The maximum atomic E-state index is 12.2. The molecular weight excluding hydrogens is 314 g/mol. The van der Waals surface area contributed by atoms with E-state index >= 15 is 0 Å². The van der Waals surface area contributed by atoms with Gasteiger partial charge in [-0.3, -0.25) is 4.79 Å². The topological polar surface area (TPSA) is 71.5 Å². The third kappa shape index (κ3) is 3.83. The molecule has 1 aliphatic carbocycles. The SMILES string of the molecule is CC1CC1C(=O)Nc1nc2c(s1)CN(C(=O)OC(C)(C)C)CC2. The molecule has 1 aromatic rings. The van der Waals surface area contributed by atoms with Crippen molar-refractivity contribution in [1.29, 1.82) is 0 Å². The van der Waals surface area contributed by atoms with Crippen molar-refractivity contribution in [3.63, 3.8) is 0 Å². The molecule has 23 heavy (non-hydrogen) atoms. The van der Waals surface area contributed by atoms with Crippen molar-refractivity contribution < 1.29 is 14.3 Å². The first kappa shape index (κ1) is 16.2. The van der Waals surface area contributed by atoms with E-state index in [4.69, 9.17) is 4.74 Å². The van der Waals surface area contributed by atoms with Gasteiger partial charge < -0.3 is 15.0 Å². The molecule has 1 aromatic heterocycles. The summed E-state index contributed by atoms with van der Waals surface area (Å²) in [5.41, 5.74) is 0.486. The molecule has 3 rings (SSSR count). The van der Waals surface area contributed by atoms with Gasteiger partial charge in [0.1, 0.15) is 5.60 Å². The molecule has 126 valence electrons. The molecule has 2 aliphatic rings. The Bertz CT molecular complexity index is 635. The van der Waals surface area contributed by atoms with Crippen LogP contribution in [0.4, 0.5) is 9.93 Å². The van der Waals surface area contributed by atoms with Crippen LogP contribution in [0.15, 0.2) is 0 Å². The summed E-state index contributed by atoms with van der Waals surface area (Å²) in [6.45, 7) is 8.75. The molecule has 1 aliphatic heterocycles. The van der Waals surface area contributed by atoms with Gasteiger partial charge in [-0.15, -0.1) is 0 Å². The van der Waals surface area contributed by atoms with Gasteiger partial charge in [0.2, 0.25) is 5.91 Å². The second-order valence-electron chi connectivity index (χ2n) is 7.35. The van der Waals surface area contributed by atoms with Crippen LogP contribution >= 0.6 is 11.3 Å². The standard InChI is InChI=1S/C16H23N3O3S/c1-9-7-10(9)13(20)18-14-17-11-5-6-19(8-12(11)23-14)15(21)22-16(2,3)4/h9-10H,5-8H2,1-4H3,(H,17,18,20). The maximum absolute atomic E-state index is 12.2. The molecule has 2 amide bonds. The molecule has 2 unspecified atom stereocenters. The number of carbonyl (C=O) groups excluding carboxylic acids is 2. The summed E-state index contributed by atoms with van der Waals surface area (Å²) in [7, 11) is 0. The fraction of sp³-hybridized carbons (Fsp3) is 0.688. The van der Waals surface area contributed by atoms with Crippen LogP contribution in [0, 0.1) is 11.8 Å². The Morgan fingerprint density at radius 3 is 2.70 bits per heavy atom. The summed E-state index contributed by atoms with van der Waals surface area (Å²) in [6.07, 6.45) is 1.36. The van der Waals surface area contributed by atoms with Crippen LogP contribution in [-0.4, -0.2) is 34.0 Å². The number of nitrogens with zero attached hydrogens (tertiary/aromatic N) is 2. The van der Waals surface area contributed by atoms with Crippen molar-refractivity contribution in [3.05, 3.63) is 10.6 Å². The molecule has 1 fully saturated rings. The molecule has 0 spiro atoms. The number of carbonyl (C=O) groups is 2. The highest BCUT2D eigenvalue weighted by Gasteiger charge is 2.39. The van der Waals surface area contributed by atoms with Crippen LogP contribution < -0.4 is 5.32 Å². The summed E-state index contributed by atoms with van der Waals surface area (Å²) in [5.74, 6) is 0.675. The number of rotatable bonds is 2. The van der Waals surface area contributed by atoms with Crippen LogP contribution in [-0.2, 0) is 22.5 Å². The Morgan fingerprint density at radius 2 is 2.09 bits per heavy atom. The van der Waals surface area contributed by atoms with Crippen LogP contribution in [0.2, 0.25) is 0 Å². The first-order valence-corrected chi connectivity index (χ1v) is 8.82. The lowest BCUT2D eigenvalue weighted by Gasteiger charge is -2.29. The van der Waals surface area contributed by atoms with Crippen LogP contribution in [0.1, 0.15) is 44.7 Å². The van der Waals surface area contributed by atoms with Crippen molar-refractivity contribution in [2.75, 3.05) is 11.9 Å². The number of amides is 2. The van der Waals surface area contributed by atoms with E-state index in [1.807, 2.05) is 20.8 Å². The number of ether oxygens (including phenoxy) is 1. The highest BCUT2D eigenvalue weighted by molar-refractivity contribution is 7.15. The van der Waals surface area contributed by atoms with Crippen molar-refractivity contribution in [2.24, 2.45) is 11.8 Å². The summed E-state index contributed by atoms with van der Waals surface area (Å²) in [4.78, 5) is 31.4. The number of aromatic nitrogens is 1. The van der Waals surface area contributed by atoms with Gasteiger partial charge in [0.15, 0.2) is 5.13 Å². The number of fused-ring (bicyclic) bond motifs is 1. The third-order valence-corrected chi connectivity index (χ3v) is 5.06. The van der Waals surface area contributed by atoms with E-state index in [0.29, 0.717) is 30.6 Å². The first-order valence-electron chi connectivity index (χ1n) is 8.00. The van der Waals surface area contributed by atoms with Crippen molar-refractivity contribution in [2.45, 2.75) is 52.7 Å². The lowest BCUT2D eigenvalue weighted by Crippen LogP contribution is -2.39. The number of anilines is 1. The zero-order chi connectivity index (χ0) is 16.8. The van der Waals surface area contributed by atoms with Gasteiger partial charge >= 0.3 is 6.09 Å². The average Bonchev–Trinajstić information content (AvgIpc) is 3.03. The smallest absolute Gasteiger partial charge is 0.410 e. The van der Waals surface area contributed by atoms with Gasteiger partial charge in [-0.25, -0.2) is 9.78 Å². The van der Waals surface area contributed by atoms with Crippen LogP contribution in [0.5, 0.6) is 0 Å². The van der Waals surface area contributed by atoms with E-state index in [2.05, 4.69) is 17.2 Å². The molecule has 2 heterocycles. The number of hydrogen-bond donors (Lipinski definition) is 1. The largest absolute Gasteiger partial charge is 0.444 e. The van der Waals surface area contributed by atoms with Crippen molar-refractivity contribution >= 4 is 28.5 Å². The Labute approximate surface area is 140 Å². The van der Waals surface area contributed by atoms with E-state index in [1.165, 1.54) is 11.3 Å². The summed E-state index contributed by atoms with van der Waals surface area (Å²) >= 11 is 1.46. The van der Waals surface area contributed by atoms with Gasteiger partial charge in [0, 0.05) is 23.8 Å². The molecule has 0 aromatic carbocycles. The molecule has 7 heteroatoms. The molecule has 2 atom stereocenters. The lowest BCUT2D eigenvalue weighted by molar-refractivity contribution is -0.117. The summed E-state index contributed by atoms with van der Waals surface area (Å²) < 4.78 is 5.42. The van der Waals surface area contributed by atoms with E-state index < -0.39 is 5.60 Å². The summed E-state index contributed by atoms with van der Waals surface area (Å²) in [6, 6.07) is 0. The van der Waals surface area contributed by atoms with E-state index in [1.54, 1.807) is 4.90 Å². The normalized spacial score (nSPS) is 23.2. The van der Waals surface area contributed by atoms with Gasteiger partial charge in [0.05, 0.1) is 12.2 Å². The van der Waals surface area contributed by atoms with Gasteiger partial charge in [-0.2, -0.15) is 0 Å². The number of thiazole rings is 1. The molecule has 0 saturated heterocycles. The monoisotopic (exact) mass is 337 g/mol. The van der Waals surface area contributed by atoms with E-state index in [0.717, 1.165) is 17.0 Å². The predicted molar refractivity (Wildman–Crippen MR) is 88.4 cm³/mol. The van der Waals surface area contributed by atoms with Gasteiger partial charge in [-0.1, -0.05) is 18.3 Å². The molecular formula is C16H23N3O3S.